The Balaban J connectivity index is 2.17. The van der Waals surface area contributed by atoms with Gasteiger partial charge < -0.3 is 4.74 Å². The normalized spacial score (nSPS) is 10.2. The first-order chi connectivity index (χ1) is 10.8. The molecule has 1 aromatic heterocycles. The van der Waals surface area contributed by atoms with Crippen molar-refractivity contribution in [3.05, 3.63) is 78.4 Å². The van der Waals surface area contributed by atoms with Crippen molar-refractivity contribution in [2.24, 2.45) is 0 Å². The summed E-state index contributed by atoms with van der Waals surface area (Å²) in [6, 6.07) is 22.7. The van der Waals surface area contributed by atoms with Crippen LogP contribution in [0.3, 0.4) is 0 Å². The second-order valence-corrected chi connectivity index (χ2v) is 4.80. The highest BCUT2D eigenvalue weighted by molar-refractivity contribution is 5.91. The minimum Gasteiger partial charge on any atom is -0.465 e. The van der Waals surface area contributed by atoms with Gasteiger partial charge in [0.25, 0.3) is 0 Å². The summed E-state index contributed by atoms with van der Waals surface area (Å²) in [5.74, 6) is 0.870. The van der Waals surface area contributed by atoms with Gasteiger partial charge in [-0.2, -0.15) is 0 Å². The molecule has 22 heavy (non-hydrogen) atoms. The average Bonchev–Trinajstić information content (AvgIpc) is 2.62. The number of ether oxygens (including phenoxy) is 1. The van der Waals surface area contributed by atoms with Crippen LogP contribution < -0.4 is 0 Å². The summed E-state index contributed by atoms with van der Waals surface area (Å²) in [5.41, 5.74) is 2.28. The molecular weight excluding hydrogens is 276 g/mol. The third kappa shape index (κ3) is 2.88. The van der Waals surface area contributed by atoms with Crippen LogP contribution in [-0.2, 0) is 4.74 Å². The maximum atomic E-state index is 11.9. The average molecular weight is 291 g/mol. The van der Waals surface area contributed by atoms with E-state index in [1.165, 1.54) is 7.11 Å². The number of carbonyl (C=O) groups is 1. The van der Waals surface area contributed by atoms with Crippen LogP contribution in [0.15, 0.2) is 77.2 Å². The molecule has 0 spiro atoms. The molecule has 1 heterocycles. The number of hydrogen-bond acceptors (Lipinski definition) is 2. The molecule has 0 amide bonds. The predicted molar refractivity (Wildman–Crippen MR) is 85.3 cm³/mol. The van der Waals surface area contributed by atoms with Gasteiger partial charge in [-0.15, -0.1) is 0 Å². The standard InChI is InChI=1S/C19H15O3/c1-21-19(20)16-12-17(14-8-4-2-5-9-14)22-18(13-16)15-10-6-3-7-11-15/h2-13H,1H3/q+1. The van der Waals surface area contributed by atoms with E-state index in [4.69, 9.17) is 9.15 Å². The van der Waals surface area contributed by atoms with E-state index in [9.17, 15) is 4.79 Å². The van der Waals surface area contributed by atoms with Gasteiger partial charge in [0.05, 0.1) is 35.9 Å². The first-order valence-corrected chi connectivity index (χ1v) is 6.95. The van der Waals surface area contributed by atoms with Crippen LogP contribution in [0.1, 0.15) is 10.4 Å². The summed E-state index contributed by atoms with van der Waals surface area (Å²) < 4.78 is 10.8. The molecule has 2 aromatic carbocycles. The summed E-state index contributed by atoms with van der Waals surface area (Å²) in [7, 11) is 1.37. The Morgan fingerprint density at radius 2 is 1.27 bits per heavy atom. The van der Waals surface area contributed by atoms with Gasteiger partial charge in [0.15, 0.2) is 0 Å². The third-order valence-electron chi connectivity index (χ3n) is 3.33. The molecule has 0 radical (unpaired) electrons. The fraction of sp³-hybridized carbons (Fsp3) is 0.0526. The monoisotopic (exact) mass is 291 g/mol. The lowest BCUT2D eigenvalue weighted by Gasteiger charge is -2.00. The molecule has 0 aliphatic rings. The van der Waals surface area contributed by atoms with Gasteiger partial charge in [0, 0.05) is 0 Å². The van der Waals surface area contributed by atoms with Crippen LogP contribution in [0.4, 0.5) is 0 Å². The molecule has 0 aliphatic heterocycles. The van der Waals surface area contributed by atoms with Crippen molar-refractivity contribution in [3.63, 3.8) is 0 Å². The molecule has 3 aromatic rings. The van der Waals surface area contributed by atoms with Gasteiger partial charge in [-0.05, 0) is 24.3 Å². The Hall–Kier alpha value is -2.94. The van der Waals surface area contributed by atoms with Crippen molar-refractivity contribution >= 4 is 5.97 Å². The lowest BCUT2D eigenvalue weighted by molar-refractivity contribution is 0.0600. The van der Waals surface area contributed by atoms with Crippen molar-refractivity contribution in [1.82, 2.24) is 0 Å². The maximum absolute atomic E-state index is 11.9. The number of rotatable bonds is 3. The van der Waals surface area contributed by atoms with Gasteiger partial charge in [-0.3, -0.25) is 0 Å². The zero-order valence-corrected chi connectivity index (χ0v) is 12.2. The first kappa shape index (κ1) is 14.0. The lowest BCUT2D eigenvalue weighted by Crippen LogP contribution is -2.01. The molecule has 0 aliphatic carbocycles. The van der Waals surface area contributed by atoms with Crippen LogP contribution in [0.25, 0.3) is 22.6 Å². The Morgan fingerprint density at radius 1 is 0.818 bits per heavy atom. The van der Waals surface area contributed by atoms with Crippen LogP contribution in [0.5, 0.6) is 0 Å². The molecule has 108 valence electrons. The molecule has 0 atom stereocenters. The Morgan fingerprint density at radius 3 is 1.68 bits per heavy atom. The molecule has 0 N–H and O–H groups in total. The van der Waals surface area contributed by atoms with Crippen LogP contribution >= 0.6 is 0 Å². The highest BCUT2D eigenvalue weighted by Gasteiger charge is 2.22. The Kier molecular flexibility index (Phi) is 3.97. The van der Waals surface area contributed by atoms with Crippen molar-refractivity contribution in [1.29, 1.82) is 0 Å². The lowest BCUT2D eigenvalue weighted by atomic mass is 10.1. The minimum absolute atomic E-state index is 0.384. The van der Waals surface area contributed by atoms with Crippen LogP contribution in [0.2, 0.25) is 0 Å². The van der Waals surface area contributed by atoms with E-state index in [2.05, 4.69) is 0 Å². The molecule has 3 heteroatoms. The number of esters is 1. The highest BCUT2D eigenvalue weighted by Crippen LogP contribution is 2.28. The summed E-state index contributed by atoms with van der Waals surface area (Å²) in [6.45, 7) is 0. The van der Waals surface area contributed by atoms with Gasteiger partial charge in [-0.1, -0.05) is 36.4 Å². The number of carbonyl (C=O) groups excluding carboxylic acids is 1. The SMILES string of the molecule is COC(=O)c1cc(-c2ccccc2)[o+]c(-c2ccccc2)c1. The summed E-state index contributed by atoms with van der Waals surface area (Å²) in [5, 5.41) is 0. The van der Waals surface area contributed by atoms with E-state index >= 15 is 0 Å². The van der Waals surface area contributed by atoms with E-state index in [0.29, 0.717) is 17.1 Å². The number of hydrogen-bond donors (Lipinski definition) is 0. The van der Waals surface area contributed by atoms with Crippen LogP contribution in [-0.4, -0.2) is 13.1 Å². The topological polar surface area (TPSA) is 37.6 Å². The molecule has 0 saturated heterocycles. The van der Waals surface area contributed by atoms with Gasteiger partial charge in [-0.25, -0.2) is 9.21 Å². The fourth-order valence-corrected chi connectivity index (χ4v) is 2.23. The van der Waals surface area contributed by atoms with Gasteiger partial charge >= 0.3 is 17.5 Å². The highest BCUT2D eigenvalue weighted by atomic mass is 16.5. The van der Waals surface area contributed by atoms with E-state index in [-0.39, 0.29) is 5.97 Å². The predicted octanol–water partition coefficient (Wildman–Crippen LogP) is 4.68. The Bertz CT molecular complexity index is 723. The molecule has 0 saturated carbocycles. The second kappa shape index (κ2) is 6.22. The van der Waals surface area contributed by atoms with Crippen LogP contribution in [0, 0.1) is 0 Å². The first-order valence-electron chi connectivity index (χ1n) is 6.95. The van der Waals surface area contributed by atoms with Crippen molar-refractivity contribution in [2.45, 2.75) is 0 Å². The van der Waals surface area contributed by atoms with Gasteiger partial charge in [0.2, 0.25) is 0 Å². The quantitative estimate of drug-likeness (QED) is 0.519. The molecule has 3 nitrogen and oxygen atoms in total. The smallest absolute Gasteiger partial charge is 0.361 e. The van der Waals surface area contributed by atoms with Gasteiger partial charge in [0.1, 0.15) is 0 Å². The van der Waals surface area contributed by atoms with E-state index in [0.717, 1.165) is 11.1 Å². The Labute approximate surface area is 128 Å². The molecule has 3 rings (SSSR count). The van der Waals surface area contributed by atoms with E-state index in [1.54, 1.807) is 12.1 Å². The molecule has 0 bridgehead atoms. The summed E-state index contributed by atoms with van der Waals surface area (Å²) in [4.78, 5) is 11.9. The van der Waals surface area contributed by atoms with Crippen molar-refractivity contribution in [2.75, 3.05) is 7.11 Å². The van der Waals surface area contributed by atoms with E-state index in [1.807, 2.05) is 60.7 Å². The third-order valence-corrected chi connectivity index (χ3v) is 3.33. The van der Waals surface area contributed by atoms with Crippen molar-refractivity contribution in [3.8, 4) is 22.6 Å². The molecule has 0 unspecified atom stereocenters. The second-order valence-electron chi connectivity index (χ2n) is 4.80. The fourth-order valence-electron chi connectivity index (χ4n) is 2.23. The zero-order chi connectivity index (χ0) is 15.4. The summed E-state index contributed by atoms with van der Waals surface area (Å²) >= 11 is 0. The molecule has 0 fully saturated rings. The van der Waals surface area contributed by atoms with E-state index < -0.39 is 0 Å². The number of benzene rings is 2. The molecular formula is C19H15O3+. The zero-order valence-electron chi connectivity index (χ0n) is 12.2. The number of methoxy groups -OCH3 is 1. The van der Waals surface area contributed by atoms with Crippen molar-refractivity contribution < 1.29 is 13.9 Å². The largest absolute Gasteiger partial charge is 0.465 e. The minimum atomic E-state index is -0.384. The summed E-state index contributed by atoms with van der Waals surface area (Å²) in [6.07, 6.45) is 0. The maximum Gasteiger partial charge on any atom is 0.361 e.